The van der Waals surface area contributed by atoms with Gasteiger partial charge in [-0.2, -0.15) is 5.26 Å². The number of aromatic amines is 1. The highest BCUT2D eigenvalue weighted by atomic mass is 32.2. The maximum Gasteiger partial charge on any atom is 0.147 e. The second kappa shape index (κ2) is 8.29. The van der Waals surface area contributed by atoms with Crippen LogP contribution in [0.2, 0.25) is 0 Å². The summed E-state index contributed by atoms with van der Waals surface area (Å²) in [5, 5.41) is 13.5. The number of sulfone groups is 1. The van der Waals surface area contributed by atoms with Gasteiger partial charge in [0.15, 0.2) is 0 Å². The number of benzene rings is 2. The number of rotatable bonds is 6. The molecular formula is C24H26N4O2S. The van der Waals surface area contributed by atoms with Crippen LogP contribution >= 0.6 is 0 Å². The summed E-state index contributed by atoms with van der Waals surface area (Å²) in [6, 6.07) is 16.4. The van der Waals surface area contributed by atoms with Gasteiger partial charge in [-0.3, -0.25) is 0 Å². The van der Waals surface area contributed by atoms with E-state index in [0.717, 1.165) is 29.8 Å². The normalized spacial score (nSPS) is 18.0. The van der Waals surface area contributed by atoms with Crippen LogP contribution in [0.25, 0.3) is 0 Å². The highest BCUT2D eigenvalue weighted by molar-refractivity contribution is 7.90. The second-order valence-corrected chi connectivity index (χ2v) is 10.7. The SMILES string of the molecule is C[C@](c1cnc[nH]1)(c1cccc(C#N)c1CCS(C)(=O)=O)C1Cc2ccccc2CN1. The standard InChI is InChI=1S/C24H26N4O2S/c1-24(23-15-26-16-28-23,22-12-17-6-3-4-7-19(17)14-27-22)21-9-5-8-18(13-25)20(21)10-11-31(2,29)30/h3-9,15-16,22,27H,10-12,14H2,1-2H3,(H,26,28)/t22?,24-/m0/s1. The van der Waals surface area contributed by atoms with E-state index in [9.17, 15) is 13.7 Å². The van der Waals surface area contributed by atoms with Gasteiger partial charge < -0.3 is 10.3 Å². The lowest BCUT2D eigenvalue weighted by molar-refractivity contribution is 0.337. The van der Waals surface area contributed by atoms with Crippen molar-refractivity contribution in [1.29, 1.82) is 5.26 Å². The molecule has 0 bridgehead atoms. The van der Waals surface area contributed by atoms with Crippen molar-refractivity contribution in [2.75, 3.05) is 12.0 Å². The zero-order valence-corrected chi connectivity index (χ0v) is 18.5. The van der Waals surface area contributed by atoms with Crippen molar-refractivity contribution >= 4 is 9.84 Å². The molecule has 0 aliphatic carbocycles. The molecule has 2 heterocycles. The van der Waals surface area contributed by atoms with Crippen molar-refractivity contribution in [1.82, 2.24) is 15.3 Å². The average molecular weight is 435 g/mol. The Morgan fingerprint density at radius 3 is 2.65 bits per heavy atom. The topological polar surface area (TPSA) is 98.6 Å². The van der Waals surface area contributed by atoms with Gasteiger partial charge in [-0.25, -0.2) is 13.4 Å². The van der Waals surface area contributed by atoms with Crippen molar-refractivity contribution in [3.05, 3.63) is 88.5 Å². The number of H-pyrrole nitrogens is 1. The first-order chi connectivity index (χ1) is 14.8. The number of imidazole rings is 1. The molecule has 6 nitrogen and oxygen atoms in total. The fourth-order valence-corrected chi connectivity index (χ4v) is 5.23. The van der Waals surface area contributed by atoms with E-state index in [2.05, 4.69) is 52.5 Å². The summed E-state index contributed by atoms with van der Waals surface area (Å²) >= 11 is 0. The van der Waals surface area contributed by atoms with Gasteiger partial charge in [-0.15, -0.1) is 0 Å². The molecule has 7 heteroatoms. The number of fused-ring (bicyclic) bond motifs is 1. The first-order valence-corrected chi connectivity index (χ1v) is 12.4. The summed E-state index contributed by atoms with van der Waals surface area (Å²) in [4.78, 5) is 7.55. The maximum absolute atomic E-state index is 11.9. The summed E-state index contributed by atoms with van der Waals surface area (Å²) in [6.07, 6.45) is 5.82. The summed E-state index contributed by atoms with van der Waals surface area (Å²) < 4.78 is 23.8. The van der Waals surface area contributed by atoms with Crippen molar-refractivity contribution in [3.63, 3.8) is 0 Å². The largest absolute Gasteiger partial charge is 0.348 e. The zero-order valence-electron chi connectivity index (χ0n) is 17.7. The molecule has 0 radical (unpaired) electrons. The van der Waals surface area contributed by atoms with E-state index < -0.39 is 15.3 Å². The van der Waals surface area contributed by atoms with Crippen molar-refractivity contribution in [2.24, 2.45) is 0 Å². The number of nitriles is 1. The third-order valence-corrected chi connectivity index (χ3v) is 7.36. The number of aromatic nitrogens is 2. The Balaban J connectivity index is 1.86. The zero-order chi connectivity index (χ0) is 22.1. The lowest BCUT2D eigenvalue weighted by Gasteiger charge is -2.42. The van der Waals surface area contributed by atoms with Crippen LogP contribution in [0.1, 0.15) is 40.4 Å². The lowest BCUT2D eigenvalue weighted by Crippen LogP contribution is -2.51. The Hall–Kier alpha value is -2.95. The van der Waals surface area contributed by atoms with Crippen molar-refractivity contribution < 1.29 is 8.42 Å². The van der Waals surface area contributed by atoms with Gasteiger partial charge in [0, 0.05) is 30.7 Å². The number of nitrogens with zero attached hydrogens (tertiary/aromatic N) is 2. The molecule has 160 valence electrons. The summed E-state index contributed by atoms with van der Waals surface area (Å²) in [7, 11) is -3.17. The van der Waals surface area contributed by atoms with Crippen LogP contribution in [0.5, 0.6) is 0 Å². The van der Waals surface area contributed by atoms with Gasteiger partial charge >= 0.3 is 0 Å². The maximum atomic E-state index is 11.9. The molecule has 4 rings (SSSR count). The molecule has 2 atom stereocenters. The lowest BCUT2D eigenvalue weighted by atomic mass is 9.68. The van der Waals surface area contributed by atoms with E-state index in [1.165, 1.54) is 17.4 Å². The molecule has 2 aromatic carbocycles. The minimum Gasteiger partial charge on any atom is -0.348 e. The summed E-state index contributed by atoms with van der Waals surface area (Å²) in [5.41, 5.74) is 5.23. The third-order valence-electron chi connectivity index (χ3n) is 6.41. The van der Waals surface area contributed by atoms with Gasteiger partial charge in [0.25, 0.3) is 0 Å². The van der Waals surface area contributed by atoms with Crippen LogP contribution < -0.4 is 5.32 Å². The Labute approximate surface area is 183 Å². The van der Waals surface area contributed by atoms with E-state index in [-0.39, 0.29) is 11.8 Å². The Morgan fingerprint density at radius 1 is 1.19 bits per heavy atom. The van der Waals surface area contributed by atoms with Crippen molar-refractivity contribution in [3.8, 4) is 6.07 Å². The van der Waals surface area contributed by atoms with E-state index in [0.29, 0.717) is 12.0 Å². The van der Waals surface area contributed by atoms with Crippen LogP contribution in [-0.4, -0.2) is 36.4 Å². The summed E-state index contributed by atoms with van der Waals surface area (Å²) in [5.74, 6) is -0.00131. The molecule has 3 aromatic rings. The Bertz CT molecular complexity index is 1230. The van der Waals surface area contributed by atoms with Gasteiger partial charge in [0.2, 0.25) is 0 Å². The Kier molecular flexibility index (Phi) is 5.69. The van der Waals surface area contributed by atoms with Gasteiger partial charge in [-0.1, -0.05) is 36.4 Å². The minimum atomic E-state index is -3.17. The van der Waals surface area contributed by atoms with E-state index in [1.54, 1.807) is 12.4 Å². The monoisotopic (exact) mass is 434 g/mol. The molecule has 1 aliphatic rings. The quantitative estimate of drug-likeness (QED) is 0.622. The van der Waals surface area contributed by atoms with E-state index >= 15 is 0 Å². The fraction of sp³-hybridized carbons (Fsp3) is 0.333. The smallest absolute Gasteiger partial charge is 0.147 e. The fourth-order valence-electron chi connectivity index (χ4n) is 4.66. The molecule has 0 saturated carbocycles. The number of hydrogen-bond acceptors (Lipinski definition) is 5. The molecule has 0 spiro atoms. The molecule has 0 fully saturated rings. The Morgan fingerprint density at radius 2 is 1.97 bits per heavy atom. The van der Waals surface area contributed by atoms with Crippen molar-refractivity contribution in [2.45, 2.75) is 37.8 Å². The predicted octanol–water partition coefficient (Wildman–Crippen LogP) is 2.89. The molecular weight excluding hydrogens is 408 g/mol. The van der Waals surface area contributed by atoms with Crippen LogP contribution in [0, 0.1) is 11.3 Å². The number of nitrogens with one attached hydrogen (secondary N) is 2. The van der Waals surface area contributed by atoms with Crippen LogP contribution in [0.15, 0.2) is 55.0 Å². The van der Waals surface area contributed by atoms with Crippen LogP contribution in [-0.2, 0) is 34.6 Å². The van der Waals surface area contributed by atoms with Crippen LogP contribution in [0.3, 0.4) is 0 Å². The van der Waals surface area contributed by atoms with Gasteiger partial charge in [-0.05, 0) is 48.1 Å². The molecule has 1 aromatic heterocycles. The van der Waals surface area contributed by atoms with Crippen LogP contribution in [0.4, 0.5) is 0 Å². The van der Waals surface area contributed by atoms with E-state index in [1.807, 2.05) is 18.3 Å². The highest BCUT2D eigenvalue weighted by Crippen LogP contribution is 2.40. The second-order valence-electron chi connectivity index (χ2n) is 8.40. The van der Waals surface area contributed by atoms with E-state index in [4.69, 9.17) is 0 Å². The predicted molar refractivity (Wildman–Crippen MR) is 120 cm³/mol. The highest BCUT2D eigenvalue weighted by Gasteiger charge is 2.42. The minimum absolute atomic E-state index is 0.00131. The molecule has 0 amide bonds. The first-order valence-electron chi connectivity index (χ1n) is 10.3. The first kappa shape index (κ1) is 21.3. The molecule has 1 aliphatic heterocycles. The average Bonchev–Trinajstić information content (AvgIpc) is 3.31. The van der Waals surface area contributed by atoms with Gasteiger partial charge in [0.05, 0.1) is 29.1 Å². The summed E-state index contributed by atoms with van der Waals surface area (Å²) in [6.45, 7) is 2.90. The molecule has 0 saturated heterocycles. The third kappa shape index (κ3) is 4.14. The molecule has 2 N–H and O–H groups in total. The molecule has 31 heavy (non-hydrogen) atoms. The number of hydrogen-bond donors (Lipinski definition) is 2. The molecule has 1 unspecified atom stereocenters. The van der Waals surface area contributed by atoms with Gasteiger partial charge in [0.1, 0.15) is 9.84 Å².